The van der Waals surface area contributed by atoms with Crippen LogP contribution in [0.15, 0.2) is 11.5 Å². The molecule has 1 rings (SSSR count). The molecular weight excluding hydrogens is 194 g/mol. The lowest BCUT2D eigenvalue weighted by Crippen LogP contribution is -2.65. The van der Waals surface area contributed by atoms with Crippen LogP contribution in [0.1, 0.15) is 12.8 Å². The van der Waals surface area contributed by atoms with Gasteiger partial charge < -0.3 is 15.2 Å². The number of hydrogen-bond acceptors (Lipinski definition) is 5. The molecule has 0 saturated carbocycles. The maximum atomic E-state index is 10.1. The molecule has 0 aliphatic heterocycles. The van der Waals surface area contributed by atoms with Crippen molar-refractivity contribution in [1.82, 2.24) is 16.0 Å². The van der Waals surface area contributed by atoms with Crippen molar-refractivity contribution >= 4 is 0 Å². The van der Waals surface area contributed by atoms with Crippen LogP contribution >= 0.6 is 0 Å². The van der Waals surface area contributed by atoms with Gasteiger partial charge in [0.15, 0.2) is 11.4 Å². The summed E-state index contributed by atoms with van der Waals surface area (Å²) in [7, 11) is 7.09. The van der Waals surface area contributed by atoms with Crippen molar-refractivity contribution in [3.8, 4) is 0 Å². The Morgan fingerprint density at radius 3 is 2.33 bits per heavy atom. The summed E-state index contributed by atoms with van der Waals surface area (Å²) >= 11 is 0. The zero-order valence-electron chi connectivity index (χ0n) is 9.85. The molecule has 4 N–H and O–H groups in total. The van der Waals surface area contributed by atoms with Gasteiger partial charge in [0.05, 0.1) is 18.9 Å². The van der Waals surface area contributed by atoms with Gasteiger partial charge in [-0.1, -0.05) is 0 Å². The molecule has 1 aliphatic carbocycles. The first kappa shape index (κ1) is 12.3. The Kier molecular flexibility index (Phi) is 3.96. The average Bonchev–Trinajstić information content (AvgIpc) is 2.28. The number of nitrogens with one attached hydrogen (secondary N) is 3. The van der Waals surface area contributed by atoms with Crippen LogP contribution in [0.4, 0.5) is 0 Å². The highest BCUT2D eigenvalue weighted by Crippen LogP contribution is 2.30. The van der Waals surface area contributed by atoms with Gasteiger partial charge in [0, 0.05) is 7.05 Å². The van der Waals surface area contributed by atoms with Crippen molar-refractivity contribution in [1.29, 1.82) is 0 Å². The van der Waals surface area contributed by atoms with E-state index in [0.29, 0.717) is 6.42 Å². The van der Waals surface area contributed by atoms with Crippen molar-refractivity contribution in [2.45, 2.75) is 24.6 Å². The Bertz CT molecular complexity index is 249. The summed E-state index contributed by atoms with van der Waals surface area (Å²) in [5, 5.41) is 19.4. The summed E-state index contributed by atoms with van der Waals surface area (Å²) < 4.78 is 5.39. The van der Waals surface area contributed by atoms with Gasteiger partial charge >= 0.3 is 0 Å². The normalized spacial score (nSPS) is 25.3. The van der Waals surface area contributed by atoms with E-state index in [2.05, 4.69) is 16.0 Å². The second kappa shape index (κ2) is 4.83. The maximum absolute atomic E-state index is 10.1. The maximum Gasteiger partial charge on any atom is 0.156 e. The van der Waals surface area contributed by atoms with Crippen LogP contribution < -0.4 is 16.0 Å². The molecule has 0 aromatic heterocycles. The second-order valence-corrected chi connectivity index (χ2v) is 3.62. The minimum Gasteiger partial charge on any atom is -0.496 e. The molecule has 5 nitrogen and oxygen atoms in total. The molecule has 88 valence electrons. The van der Waals surface area contributed by atoms with Crippen LogP contribution in [0.25, 0.3) is 0 Å². The molecule has 15 heavy (non-hydrogen) atoms. The predicted molar refractivity (Wildman–Crippen MR) is 59.2 cm³/mol. The molecule has 0 aromatic rings. The van der Waals surface area contributed by atoms with Crippen molar-refractivity contribution in [3.63, 3.8) is 0 Å². The molecule has 0 heterocycles. The Balaban J connectivity index is 3.17. The van der Waals surface area contributed by atoms with Gasteiger partial charge in [-0.3, -0.25) is 10.6 Å². The first-order valence-corrected chi connectivity index (χ1v) is 5.17. The number of rotatable bonds is 4. The van der Waals surface area contributed by atoms with Crippen LogP contribution in [0.5, 0.6) is 0 Å². The summed E-state index contributed by atoms with van der Waals surface area (Å²) in [6.45, 7) is 0. The number of hydrogen-bond donors (Lipinski definition) is 4. The lowest BCUT2D eigenvalue weighted by molar-refractivity contribution is 0.0144. The fourth-order valence-corrected chi connectivity index (χ4v) is 2.21. The third-order valence-electron chi connectivity index (χ3n) is 3.09. The Hall–Kier alpha value is -0.780. The molecule has 0 amide bonds. The van der Waals surface area contributed by atoms with E-state index in [1.165, 1.54) is 0 Å². The van der Waals surface area contributed by atoms with E-state index in [0.717, 1.165) is 17.9 Å². The largest absolute Gasteiger partial charge is 0.496 e. The second-order valence-electron chi connectivity index (χ2n) is 3.62. The molecule has 0 spiro atoms. The number of ether oxygens (including phenoxy) is 1. The van der Waals surface area contributed by atoms with Gasteiger partial charge in [0.1, 0.15) is 0 Å². The number of likely N-dealkylation sites (N-methyl/N-ethyl adjacent to an activating group) is 2. The van der Waals surface area contributed by atoms with Crippen molar-refractivity contribution in [2.75, 3.05) is 28.3 Å². The topological polar surface area (TPSA) is 65.5 Å². The molecule has 0 aromatic carbocycles. The van der Waals surface area contributed by atoms with Gasteiger partial charge in [0.25, 0.3) is 0 Å². The molecule has 5 heteroatoms. The summed E-state index contributed by atoms with van der Waals surface area (Å²) in [5.41, 5.74) is 0.331. The molecule has 1 aliphatic rings. The highest BCUT2D eigenvalue weighted by molar-refractivity contribution is 5.25. The fourth-order valence-electron chi connectivity index (χ4n) is 2.21. The van der Waals surface area contributed by atoms with Gasteiger partial charge in [-0.25, -0.2) is 0 Å². The minimum absolute atomic E-state index is 0.500. The molecule has 1 unspecified atom stereocenters. The standard InChI is InChI=1S/C10H21N3O2/c1-11-7-5-6-8(14)10(12-2,13-3)9(7)15-4/h8,11-14H,5-6H2,1-4H3. The summed E-state index contributed by atoms with van der Waals surface area (Å²) in [6, 6.07) is 0. The number of aliphatic hydroxyl groups is 1. The summed E-state index contributed by atoms with van der Waals surface area (Å²) in [6.07, 6.45) is 0.996. The van der Waals surface area contributed by atoms with Gasteiger partial charge in [-0.2, -0.15) is 0 Å². The minimum atomic E-state index is -0.689. The van der Waals surface area contributed by atoms with Crippen LogP contribution in [-0.2, 0) is 4.74 Å². The number of aliphatic hydroxyl groups excluding tert-OH is 1. The molecular formula is C10H21N3O2. The van der Waals surface area contributed by atoms with E-state index in [9.17, 15) is 5.11 Å². The van der Waals surface area contributed by atoms with E-state index < -0.39 is 11.8 Å². The van der Waals surface area contributed by atoms with Crippen LogP contribution in [0, 0.1) is 0 Å². The van der Waals surface area contributed by atoms with E-state index in [1.807, 2.05) is 7.05 Å². The SMILES string of the molecule is CNC1=C(OC)C(NC)(NC)C(O)CC1. The number of methoxy groups -OCH3 is 1. The summed E-state index contributed by atoms with van der Waals surface area (Å²) in [5.74, 6) is 0.730. The smallest absolute Gasteiger partial charge is 0.156 e. The van der Waals surface area contributed by atoms with Crippen molar-refractivity contribution in [2.24, 2.45) is 0 Å². The lowest BCUT2D eigenvalue weighted by atomic mass is 9.88. The molecule has 1 atom stereocenters. The zero-order valence-corrected chi connectivity index (χ0v) is 9.85. The predicted octanol–water partition coefficient (Wildman–Crippen LogP) is -0.646. The van der Waals surface area contributed by atoms with E-state index >= 15 is 0 Å². The van der Waals surface area contributed by atoms with E-state index in [-0.39, 0.29) is 0 Å². The Morgan fingerprint density at radius 2 is 1.93 bits per heavy atom. The molecule has 0 radical (unpaired) electrons. The molecule has 0 fully saturated rings. The quantitative estimate of drug-likeness (QED) is 0.470. The number of allylic oxidation sites excluding steroid dienone is 1. The zero-order chi connectivity index (χ0) is 11.5. The van der Waals surface area contributed by atoms with E-state index in [1.54, 1.807) is 21.2 Å². The first-order valence-electron chi connectivity index (χ1n) is 5.17. The monoisotopic (exact) mass is 215 g/mol. The van der Waals surface area contributed by atoms with Crippen LogP contribution in [0.3, 0.4) is 0 Å². The summed E-state index contributed by atoms with van der Waals surface area (Å²) in [4.78, 5) is 0. The third kappa shape index (κ3) is 1.82. The van der Waals surface area contributed by atoms with Crippen molar-refractivity contribution < 1.29 is 9.84 Å². The van der Waals surface area contributed by atoms with Gasteiger partial charge in [-0.15, -0.1) is 0 Å². The molecule has 0 saturated heterocycles. The molecule has 0 bridgehead atoms. The van der Waals surface area contributed by atoms with Gasteiger partial charge in [-0.05, 0) is 26.9 Å². The van der Waals surface area contributed by atoms with Crippen LogP contribution in [0.2, 0.25) is 0 Å². The van der Waals surface area contributed by atoms with Gasteiger partial charge in [0.2, 0.25) is 0 Å². The fraction of sp³-hybridized carbons (Fsp3) is 0.800. The van der Waals surface area contributed by atoms with E-state index in [4.69, 9.17) is 4.74 Å². The van der Waals surface area contributed by atoms with Crippen LogP contribution in [-0.4, -0.2) is 45.1 Å². The average molecular weight is 215 g/mol. The Morgan fingerprint density at radius 1 is 1.33 bits per heavy atom. The highest BCUT2D eigenvalue weighted by atomic mass is 16.5. The third-order valence-corrected chi connectivity index (χ3v) is 3.09. The highest BCUT2D eigenvalue weighted by Gasteiger charge is 2.44. The first-order chi connectivity index (χ1) is 7.16. The lowest BCUT2D eigenvalue weighted by Gasteiger charge is -2.42. The Labute approximate surface area is 90.9 Å². The van der Waals surface area contributed by atoms with Crippen molar-refractivity contribution in [3.05, 3.63) is 11.5 Å².